The number of amides is 1. The molecule has 0 aliphatic carbocycles. The minimum Gasteiger partial charge on any atom is -0.465 e. The fraction of sp³-hybridized carbons (Fsp3) is 0.333. The van der Waals surface area contributed by atoms with Gasteiger partial charge in [0.05, 0.1) is 36.5 Å². The summed E-state index contributed by atoms with van der Waals surface area (Å²) in [6.45, 7) is 4.79. The summed E-state index contributed by atoms with van der Waals surface area (Å²) in [4.78, 5) is 28.4. The van der Waals surface area contributed by atoms with Crippen molar-refractivity contribution in [1.29, 1.82) is 0 Å². The number of rotatable bonds is 4. The fourth-order valence-corrected chi connectivity index (χ4v) is 3.44. The molecule has 132 valence electrons. The standard InChI is InChI=1S/C18H20N2O4S/c1-12-3-6-16(25-12)17(21)19-15-5-4-13(11-14(15)18(22)23-2)20-7-9-24-10-8-20/h3-6,11H,7-10H2,1-2H3,(H,19,21). The highest BCUT2D eigenvalue weighted by atomic mass is 32.1. The quantitative estimate of drug-likeness (QED) is 0.849. The lowest BCUT2D eigenvalue weighted by Gasteiger charge is -2.29. The lowest BCUT2D eigenvalue weighted by Crippen LogP contribution is -2.36. The van der Waals surface area contributed by atoms with Gasteiger partial charge in [-0.1, -0.05) is 0 Å². The molecule has 0 spiro atoms. The number of hydrogen-bond acceptors (Lipinski definition) is 6. The molecule has 25 heavy (non-hydrogen) atoms. The fourth-order valence-electron chi connectivity index (χ4n) is 2.68. The zero-order valence-corrected chi connectivity index (χ0v) is 15.0. The number of morpholine rings is 1. The van der Waals surface area contributed by atoms with Gasteiger partial charge in [-0.25, -0.2) is 4.79 Å². The second kappa shape index (κ2) is 7.67. The van der Waals surface area contributed by atoms with Crippen LogP contribution in [0.3, 0.4) is 0 Å². The van der Waals surface area contributed by atoms with E-state index in [0.717, 1.165) is 23.7 Å². The smallest absolute Gasteiger partial charge is 0.340 e. The third-order valence-corrected chi connectivity index (χ3v) is 5.00. The van der Waals surface area contributed by atoms with Crippen LogP contribution in [0.5, 0.6) is 0 Å². The second-order valence-corrected chi connectivity index (χ2v) is 6.97. The summed E-state index contributed by atoms with van der Waals surface area (Å²) in [6.07, 6.45) is 0. The largest absolute Gasteiger partial charge is 0.465 e. The zero-order chi connectivity index (χ0) is 17.8. The molecular formula is C18H20N2O4S. The van der Waals surface area contributed by atoms with E-state index in [1.54, 1.807) is 18.2 Å². The molecule has 1 fully saturated rings. The van der Waals surface area contributed by atoms with Crippen molar-refractivity contribution < 1.29 is 19.1 Å². The number of ether oxygens (including phenoxy) is 2. The van der Waals surface area contributed by atoms with Crippen molar-refractivity contribution in [2.75, 3.05) is 43.6 Å². The monoisotopic (exact) mass is 360 g/mol. The van der Waals surface area contributed by atoms with Crippen molar-refractivity contribution in [3.05, 3.63) is 45.6 Å². The number of nitrogens with one attached hydrogen (secondary N) is 1. The lowest BCUT2D eigenvalue weighted by atomic mass is 10.1. The van der Waals surface area contributed by atoms with E-state index >= 15 is 0 Å². The summed E-state index contributed by atoms with van der Waals surface area (Å²) in [5, 5.41) is 2.81. The SMILES string of the molecule is COC(=O)c1cc(N2CCOCC2)ccc1NC(=O)c1ccc(C)s1. The molecule has 2 aromatic rings. The maximum atomic E-state index is 12.4. The molecular weight excluding hydrogens is 340 g/mol. The predicted octanol–water partition coefficient (Wildman–Crippen LogP) is 2.93. The maximum Gasteiger partial charge on any atom is 0.340 e. The molecule has 1 aromatic carbocycles. The Morgan fingerprint density at radius 2 is 1.96 bits per heavy atom. The van der Waals surface area contributed by atoms with Crippen LogP contribution in [0.1, 0.15) is 24.9 Å². The first-order valence-corrected chi connectivity index (χ1v) is 8.83. The van der Waals surface area contributed by atoms with Crippen LogP contribution in [0.2, 0.25) is 0 Å². The van der Waals surface area contributed by atoms with Crippen LogP contribution in [0.15, 0.2) is 30.3 Å². The van der Waals surface area contributed by atoms with E-state index in [0.29, 0.717) is 29.3 Å². The van der Waals surface area contributed by atoms with Gasteiger partial charge in [-0.2, -0.15) is 0 Å². The lowest BCUT2D eigenvalue weighted by molar-refractivity contribution is 0.0602. The average molecular weight is 360 g/mol. The van der Waals surface area contributed by atoms with Gasteiger partial charge in [0.15, 0.2) is 0 Å². The van der Waals surface area contributed by atoms with Crippen LogP contribution in [0.4, 0.5) is 11.4 Å². The summed E-state index contributed by atoms with van der Waals surface area (Å²) in [7, 11) is 1.33. The van der Waals surface area contributed by atoms with E-state index in [9.17, 15) is 9.59 Å². The molecule has 2 heterocycles. The number of hydrogen-bond donors (Lipinski definition) is 1. The average Bonchev–Trinajstić information content (AvgIpc) is 3.08. The summed E-state index contributed by atoms with van der Waals surface area (Å²) < 4.78 is 10.2. The van der Waals surface area contributed by atoms with Gasteiger partial charge in [0.2, 0.25) is 0 Å². The number of anilines is 2. The van der Waals surface area contributed by atoms with Gasteiger partial charge in [-0.3, -0.25) is 4.79 Å². The summed E-state index contributed by atoms with van der Waals surface area (Å²) in [6, 6.07) is 9.06. The van der Waals surface area contributed by atoms with E-state index in [-0.39, 0.29) is 5.91 Å². The topological polar surface area (TPSA) is 67.9 Å². The van der Waals surface area contributed by atoms with Crippen LogP contribution in [0.25, 0.3) is 0 Å². The van der Waals surface area contributed by atoms with E-state index in [1.807, 2.05) is 19.1 Å². The third-order valence-electron chi connectivity index (χ3n) is 4.00. The Kier molecular flexibility index (Phi) is 5.35. The number of thiophene rings is 1. The molecule has 0 atom stereocenters. The van der Waals surface area contributed by atoms with Gasteiger partial charge >= 0.3 is 5.97 Å². The van der Waals surface area contributed by atoms with Crippen molar-refractivity contribution in [2.24, 2.45) is 0 Å². The number of aryl methyl sites for hydroxylation is 1. The van der Waals surface area contributed by atoms with Crippen LogP contribution >= 0.6 is 11.3 Å². The molecule has 7 heteroatoms. The number of nitrogens with zero attached hydrogens (tertiary/aromatic N) is 1. The molecule has 1 amide bonds. The zero-order valence-electron chi connectivity index (χ0n) is 14.2. The van der Waals surface area contributed by atoms with Gasteiger partial charge in [0, 0.05) is 23.7 Å². The number of methoxy groups -OCH3 is 1. The minimum atomic E-state index is -0.479. The second-order valence-electron chi connectivity index (χ2n) is 5.69. The van der Waals surface area contributed by atoms with Crippen LogP contribution in [-0.2, 0) is 9.47 Å². The van der Waals surface area contributed by atoms with Gasteiger partial charge < -0.3 is 19.7 Å². The molecule has 1 saturated heterocycles. The van der Waals surface area contributed by atoms with Crippen LogP contribution in [-0.4, -0.2) is 45.3 Å². The van der Waals surface area contributed by atoms with Crippen LogP contribution < -0.4 is 10.2 Å². The molecule has 1 N–H and O–H groups in total. The number of benzene rings is 1. The predicted molar refractivity (Wildman–Crippen MR) is 97.8 cm³/mol. The number of carbonyl (C=O) groups excluding carboxylic acids is 2. The molecule has 6 nitrogen and oxygen atoms in total. The molecule has 0 bridgehead atoms. The first kappa shape index (κ1) is 17.4. The Labute approximate surface area is 150 Å². The highest BCUT2D eigenvalue weighted by molar-refractivity contribution is 7.14. The van der Waals surface area contributed by atoms with E-state index < -0.39 is 5.97 Å². The Morgan fingerprint density at radius 1 is 1.20 bits per heavy atom. The number of carbonyl (C=O) groups is 2. The van der Waals surface area contributed by atoms with Crippen LogP contribution in [0, 0.1) is 6.92 Å². The summed E-state index contributed by atoms with van der Waals surface area (Å²) >= 11 is 1.41. The Morgan fingerprint density at radius 3 is 2.60 bits per heavy atom. The third kappa shape index (κ3) is 4.00. The Hall–Kier alpha value is -2.38. The summed E-state index contributed by atoms with van der Waals surface area (Å²) in [5.74, 6) is -0.713. The minimum absolute atomic E-state index is 0.234. The maximum absolute atomic E-state index is 12.4. The molecule has 0 unspecified atom stereocenters. The molecule has 1 aliphatic heterocycles. The first-order chi connectivity index (χ1) is 12.1. The van der Waals surface area contributed by atoms with Crippen molar-refractivity contribution in [3.63, 3.8) is 0 Å². The van der Waals surface area contributed by atoms with Gasteiger partial charge in [0.1, 0.15) is 0 Å². The van der Waals surface area contributed by atoms with Gasteiger partial charge in [-0.05, 0) is 37.3 Å². The normalized spacial score (nSPS) is 14.2. The summed E-state index contributed by atoms with van der Waals surface area (Å²) in [5.41, 5.74) is 1.70. The van der Waals surface area contributed by atoms with E-state index in [4.69, 9.17) is 9.47 Å². The van der Waals surface area contributed by atoms with Crippen molar-refractivity contribution in [3.8, 4) is 0 Å². The molecule has 0 radical (unpaired) electrons. The van der Waals surface area contributed by atoms with Gasteiger partial charge in [0.25, 0.3) is 5.91 Å². The molecule has 3 rings (SSSR count). The van der Waals surface area contributed by atoms with Gasteiger partial charge in [-0.15, -0.1) is 11.3 Å². The number of esters is 1. The molecule has 1 aliphatic rings. The highest BCUT2D eigenvalue weighted by Crippen LogP contribution is 2.26. The van der Waals surface area contributed by atoms with Crippen molar-refractivity contribution in [2.45, 2.75) is 6.92 Å². The Bertz CT molecular complexity index is 781. The molecule has 1 aromatic heterocycles. The first-order valence-electron chi connectivity index (χ1n) is 8.01. The highest BCUT2D eigenvalue weighted by Gasteiger charge is 2.19. The van der Waals surface area contributed by atoms with E-state index in [2.05, 4.69) is 10.2 Å². The van der Waals surface area contributed by atoms with E-state index in [1.165, 1.54) is 18.4 Å². The van der Waals surface area contributed by atoms with Crippen molar-refractivity contribution in [1.82, 2.24) is 0 Å². The Balaban J connectivity index is 1.87. The molecule has 0 saturated carbocycles. The van der Waals surface area contributed by atoms with Crippen molar-refractivity contribution >= 4 is 34.6 Å².